The minimum atomic E-state index is -0.619. The number of aliphatic hydroxyl groups excluding tert-OH is 1. The van der Waals surface area contributed by atoms with Crippen LogP contribution in [0.15, 0.2) is 12.4 Å². The summed E-state index contributed by atoms with van der Waals surface area (Å²) in [6.45, 7) is 4.04. The summed E-state index contributed by atoms with van der Waals surface area (Å²) in [4.78, 5) is 0. The van der Waals surface area contributed by atoms with Crippen molar-refractivity contribution in [3.05, 3.63) is 18.0 Å². The molecule has 0 radical (unpaired) electrons. The number of aryl methyl sites for hydroxylation is 1. The zero-order valence-electron chi connectivity index (χ0n) is 9.90. The Balaban J connectivity index is 2.94. The van der Waals surface area contributed by atoms with Gasteiger partial charge in [-0.05, 0) is 12.8 Å². The molecule has 86 valence electrons. The quantitative estimate of drug-likeness (QED) is 0.807. The van der Waals surface area contributed by atoms with E-state index in [0.717, 1.165) is 18.4 Å². The maximum atomic E-state index is 10.3. The van der Waals surface area contributed by atoms with Crippen molar-refractivity contribution in [2.45, 2.75) is 38.4 Å². The maximum absolute atomic E-state index is 10.3. The van der Waals surface area contributed by atoms with Gasteiger partial charge in [0.15, 0.2) is 0 Å². The molecule has 15 heavy (non-hydrogen) atoms. The molecule has 0 aromatic carbocycles. The normalized spacial score (nSPS) is 14.2. The first-order valence-electron chi connectivity index (χ1n) is 5.31. The number of aromatic nitrogens is 2. The number of hydrogen-bond donors (Lipinski definition) is 1. The van der Waals surface area contributed by atoms with Gasteiger partial charge in [-0.3, -0.25) is 4.68 Å². The smallest absolute Gasteiger partial charge is 0.111 e. The Morgan fingerprint density at radius 2 is 2.13 bits per heavy atom. The molecule has 0 fully saturated rings. The van der Waals surface area contributed by atoms with Crippen LogP contribution in [0.25, 0.3) is 0 Å². The minimum absolute atomic E-state index is 0.497. The SMILES string of the molecule is CCC(CC)(OC)C(O)c1cnn(C)c1. The van der Waals surface area contributed by atoms with E-state index in [1.807, 2.05) is 27.1 Å². The third-order valence-corrected chi connectivity index (χ3v) is 3.14. The molecule has 0 aliphatic carbocycles. The Hall–Kier alpha value is -0.870. The Labute approximate surface area is 90.9 Å². The molecule has 0 saturated heterocycles. The number of nitrogens with zero attached hydrogens (tertiary/aromatic N) is 2. The zero-order valence-corrected chi connectivity index (χ0v) is 9.90. The molecule has 1 atom stereocenters. The molecule has 0 bridgehead atoms. The predicted molar refractivity (Wildman–Crippen MR) is 58.5 cm³/mol. The van der Waals surface area contributed by atoms with Gasteiger partial charge in [0, 0.05) is 25.9 Å². The first-order valence-corrected chi connectivity index (χ1v) is 5.31. The van der Waals surface area contributed by atoms with Crippen molar-refractivity contribution >= 4 is 0 Å². The van der Waals surface area contributed by atoms with Crippen molar-refractivity contribution in [2.75, 3.05) is 7.11 Å². The molecular weight excluding hydrogens is 192 g/mol. The van der Waals surface area contributed by atoms with Gasteiger partial charge in [-0.15, -0.1) is 0 Å². The van der Waals surface area contributed by atoms with Crippen molar-refractivity contribution in [2.24, 2.45) is 7.05 Å². The molecule has 0 spiro atoms. The minimum Gasteiger partial charge on any atom is -0.385 e. The molecule has 0 aliphatic heterocycles. The highest BCUT2D eigenvalue weighted by Gasteiger charge is 2.36. The van der Waals surface area contributed by atoms with Crippen LogP contribution < -0.4 is 0 Å². The first-order chi connectivity index (χ1) is 7.09. The Bertz CT molecular complexity index is 297. The highest BCUT2D eigenvalue weighted by Crippen LogP contribution is 2.34. The first kappa shape index (κ1) is 12.2. The van der Waals surface area contributed by atoms with Crippen LogP contribution in [0.4, 0.5) is 0 Å². The Morgan fingerprint density at radius 1 is 1.53 bits per heavy atom. The van der Waals surface area contributed by atoms with E-state index in [1.54, 1.807) is 18.0 Å². The van der Waals surface area contributed by atoms with Crippen molar-refractivity contribution in [1.29, 1.82) is 0 Å². The van der Waals surface area contributed by atoms with E-state index in [2.05, 4.69) is 5.10 Å². The number of aliphatic hydroxyl groups is 1. The van der Waals surface area contributed by atoms with Crippen LogP contribution in [0.2, 0.25) is 0 Å². The lowest BCUT2D eigenvalue weighted by molar-refractivity contribution is -0.109. The van der Waals surface area contributed by atoms with Crippen LogP contribution in [0.5, 0.6) is 0 Å². The summed E-state index contributed by atoms with van der Waals surface area (Å²) in [5.74, 6) is 0. The molecule has 1 rings (SSSR count). The van der Waals surface area contributed by atoms with Gasteiger partial charge in [-0.25, -0.2) is 0 Å². The van der Waals surface area contributed by atoms with Gasteiger partial charge in [0.1, 0.15) is 6.10 Å². The fourth-order valence-electron chi connectivity index (χ4n) is 1.92. The number of ether oxygens (including phenoxy) is 1. The van der Waals surface area contributed by atoms with Crippen molar-refractivity contribution in [1.82, 2.24) is 9.78 Å². The molecule has 0 aliphatic rings. The van der Waals surface area contributed by atoms with Gasteiger partial charge in [0.25, 0.3) is 0 Å². The van der Waals surface area contributed by atoms with E-state index in [1.165, 1.54) is 0 Å². The van der Waals surface area contributed by atoms with Crippen LogP contribution in [0.1, 0.15) is 38.4 Å². The third-order valence-electron chi connectivity index (χ3n) is 3.14. The molecule has 1 N–H and O–H groups in total. The summed E-state index contributed by atoms with van der Waals surface area (Å²) in [6.07, 6.45) is 4.44. The second-order valence-electron chi connectivity index (χ2n) is 3.83. The van der Waals surface area contributed by atoms with Crippen LogP contribution in [0.3, 0.4) is 0 Å². The Morgan fingerprint density at radius 3 is 2.47 bits per heavy atom. The Kier molecular flexibility index (Phi) is 3.88. The largest absolute Gasteiger partial charge is 0.385 e. The standard InChI is InChI=1S/C11H20N2O2/c1-5-11(6-2,15-4)10(14)9-7-12-13(3)8-9/h7-8,10,14H,5-6H2,1-4H3. The highest BCUT2D eigenvalue weighted by atomic mass is 16.5. The van der Waals surface area contributed by atoms with E-state index in [4.69, 9.17) is 4.74 Å². The zero-order chi connectivity index (χ0) is 11.5. The van der Waals surface area contributed by atoms with E-state index in [9.17, 15) is 5.11 Å². The number of hydrogen-bond acceptors (Lipinski definition) is 3. The van der Waals surface area contributed by atoms with E-state index in [0.29, 0.717) is 0 Å². The van der Waals surface area contributed by atoms with Gasteiger partial charge < -0.3 is 9.84 Å². The summed E-state index contributed by atoms with van der Waals surface area (Å²) in [5.41, 5.74) is 0.311. The van der Waals surface area contributed by atoms with E-state index < -0.39 is 11.7 Å². The average Bonchev–Trinajstić information content (AvgIpc) is 2.68. The second-order valence-corrected chi connectivity index (χ2v) is 3.83. The highest BCUT2D eigenvalue weighted by molar-refractivity contribution is 5.13. The number of methoxy groups -OCH3 is 1. The van der Waals surface area contributed by atoms with E-state index in [-0.39, 0.29) is 0 Å². The average molecular weight is 212 g/mol. The van der Waals surface area contributed by atoms with Crippen LogP contribution in [-0.2, 0) is 11.8 Å². The third kappa shape index (κ3) is 2.21. The van der Waals surface area contributed by atoms with Gasteiger partial charge in [0.05, 0.1) is 11.8 Å². The lowest BCUT2D eigenvalue weighted by Crippen LogP contribution is -2.37. The van der Waals surface area contributed by atoms with E-state index >= 15 is 0 Å². The molecule has 1 heterocycles. The summed E-state index contributed by atoms with van der Waals surface area (Å²) in [5, 5.41) is 14.3. The van der Waals surface area contributed by atoms with Crippen molar-refractivity contribution in [3.8, 4) is 0 Å². The monoisotopic (exact) mass is 212 g/mol. The molecule has 1 aromatic heterocycles. The second kappa shape index (κ2) is 4.77. The summed E-state index contributed by atoms with van der Waals surface area (Å²) in [6, 6.07) is 0. The topological polar surface area (TPSA) is 47.3 Å². The molecule has 4 heteroatoms. The predicted octanol–water partition coefficient (Wildman–Crippen LogP) is 1.66. The molecule has 4 nitrogen and oxygen atoms in total. The fraction of sp³-hybridized carbons (Fsp3) is 0.727. The lowest BCUT2D eigenvalue weighted by atomic mass is 9.87. The summed E-state index contributed by atoms with van der Waals surface area (Å²) < 4.78 is 7.16. The summed E-state index contributed by atoms with van der Waals surface area (Å²) in [7, 11) is 3.48. The van der Waals surface area contributed by atoms with Crippen LogP contribution in [-0.4, -0.2) is 27.6 Å². The van der Waals surface area contributed by atoms with Gasteiger partial charge in [0.2, 0.25) is 0 Å². The molecule has 0 saturated carbocycles. The van der Waals surface area contributed by atoms with Crippen molar-refractivity contribution in [3.63, 3.8) is 0 Å². The lowest BCUT2D eigenvalue weighted by Gasteiger charge is -2.34. The van der Waals surface area contributed by atoms with Gasteiger partial charge in [-0.2, -0.15) is 5.10 Å². The molecule has 1 aromatic rings. The van der Waals surface area contributed by atoms with Crippen LogP contribution in [0, 0.1) is 0 Å². The van der Waals surface area contributed by atoms with Crippen molar-refractivity contribution < 1.29 is 9.84 Å². The molecule has 0 amide bonds. The fourth-order valence-corrected chi connectivity index (χ4v) is 1.92. The molecule has 1 unspecified atom stereocenters. The van der Waals surface area contributed by atoms with Gasteiger partial charge >= 0.3 is 0 Å². The molecular formula is C11H20N2O2. The summed E-state index contributed by atoms with van der Waals surface area (Å²) >= 11 is 0. The van der Waals surface area contributed by atoms with Crippen LogP contribution >= 0.6 is 0 Å². The number of rotatable bonds is 5. The van der Waals surface area contributed by atoms with Gasteiger partial charge in [-0.1, -0.05) is 13.8 Å². The maximum Gasteiger partial charge on any atom is 0.111 e.